The maximum Gasteiger partial charge on any atom is 0.297 e. The number of ether oxygens (including phenoxy) is 2. The van der Waals surface area contributed by atoms with Gasteiger partial charge in [-0.25, -0.2) is 0 Å². The molecule has 4 atom stereocenters. The maximum absolute atomic E-state index is 13.0. The van der Waals surface area contributed by atoms with Gasteiger partial charge in [-0.15, -0.1) is 0 Å². The van der Waals surface area contributed by atoms with Crippen LogP contribution in [0.1, 0.15) is 18.1 Å². The molecule has 0 spiro atoms. The Hall–Kier alpha value is -1.09. The predicted octanol–water partition coefficient (Wildman–Crippen LogP) is 3.35. The molecule has 8 nitrogen and oxygen atoms in total. The summed E-state index contributed by atoms with van der Waals surface area (Å²) in [6, 6.07) is 12.3. The van der Waals surface area contributed by atoms with Gasteiger partial charge in [0, 0.05) is 4.43 Å². The highest BCUT2D eigenvalue weighted by molar-refractivity contribution is 14.1. The second kappa shape index (κ2) is 10.5. The molecule has 0 radical (unpaired) electrons. The summed E-state index contributed by atoms with van der Waals surface area (Å²) in [5.41, 5.74) is 1.78. The van der Waals surface area contributed by atoms with E-state index in [1.54, 1.807) is 31.2 Å². The Morgan fingerprint density at radius 2 is 1.25 bits per heavy atom. The van der Waals surface area contributed by atoms with Gasteiger partial charge in [-0.1, -0.05) is 58.0 Å². The topological polar surface area (TPSA) is 105 Å². The maximum atomic E-state index is 13.0. The summed E-state index contributed by atoms with van der Waals surface area (Å²) in [7, 11) is -8.46. The van der Waals surface area contributed by atoms with Gasteiger partial charge in [0.05, 0.1) is 22.0 Å². The zero-order valence-electron chi connectivity index (χ0n) is 17.8. The number of hydrogen-bond acceptors (Lipinski definition) is 8. The van der Waals surface area contributed by atoms with Crippen LogP contribution in [0.3, 0.4) is 0 Å². The predicted molar refractivity (Wildman–Crippen MR) is 126 cm³/mol. The Morgan fingerprint density at radius 3 is 1.69 bits per heavy atom. The zero-order valence-corrected chi connectivity index (χ0v) is 21.6. The lowest BCUT2D eigenvalue weighted by molar-refractivity contribution is -0.0930. The van der Waals surface area contributed by atoms with E-state index >= 15 is 0 Å². The molecule has 32 heavy (non-hydrogen) atoms. The van der Waals surface area contributed by atoms with Gasteiger partial charge in [-0.2, -0.15) is 16.8 Å². The van der Waals surface area contributed by atoms with E-state index in [0.717, 1.165) is 11.1 Å². The number of halogens is 1. The van der Waals surface area contributed by atoms with Gasteiger partial charge in [0.1, 0.15) is 19.0 Å². The van der Waals surface area contributed by atoms with Crippen LogP contribution in [0.15, 0.2) is 58.3 Å². The summed E-state index contributed by atoms with van der Waals surface area (Å²) in [5.74, 6) is 0. The molecule has 0 N–H and O–H groups in total. The molecule has 0 bridgehead atoms. The lowest BCUT2D eigenvalue weighted by Crippen LogP contribution is -2.48. The first-order valence-corrected chi connectivity index (χ1v) is 14.2. The standard InChI is InChI=1S/C21H25IO8S2/c1-14-4-8-17(9-5-14)31(23,24)29-20-16(3)27-13-28-19(12-22)21(20)30-32(25,26)18-10-6-15(2)7-11-18/h4-11,16,19-21H,12-13H2,1-3H3. The van der Waals surface area contributed by atoms with Crippen molar-refractivity contribution in [3.63, 3.8) is 0 Å². The highest BCUT2D eigenvalue weighted by Crippen LogP contribution is 2.29. The molecule has 1 heterocycles. The van der Waals surface area contributed by atoms with Crippen LogP contribution < -0.4 is 0 Å². The van der Waals surface area contributed by atoms with Crippen LogP contribution in [0.5, 0.6) is 0 Å². The first-order chi connectivity index (χ1) is 15.0. The van der Waals surface area contributed by atoms with Gasteiger partial charge < -0.3 is 9.47 Å². The van der Waals surface area contributed by atoms with Crippen LogP contribution in [0.25, 0.3) is 0 Å². The molecule has 176 valence electrons. The van der Waals surface area contributed by atoms with Crippen LogP contribution in [0, 0.1) is 13.8 Å². The third kappa shape index (κ3) is 6.07. The largest absolute Gasteiger partial charge is 0.350 e. The molecule has 11 heteroatoms. The normalized spacial score (nSPS) is 24.8. The lowest BCUT2D eigenvalue weighted by Gasteiger charge is -2.30. The van der Waals surface area contributed by atoms with E-state index < -0.39 is 44.7 Å². The van der Waals surface area contributed by atoms with Crippen molar-refractivity contribution in [3.8, 4) is 0 Å². The van der Waals surface area contributed by atoms with E-state index in [1.807, 2.05) is 36.4 Å². The number of hydrogen-bond donors (Lipinski definition) is 0. The molecule has 1 saturated heterocycles. The summed E-state index contributed by atoms with van der Waals surface area (Å²) in [6.45, 7) is 5.11. The van der Waals surface area contributed by atoms with Crippen molar-refractivity contribution in [2.75, 3.05) is 11.2 Å². The van der Waals surface area contributed by atoms with E-state index in [0.29, 0.717) is 4.43 Å². The number of alkyl halides is 1. The number of benzene rings is 2. The van der Waals surface area contributed by atoms with Crippen LogP contribution >= 0.6 is 22.6 Å². The Balaban J connectivity index is 1.96. The van der Waals surface area contributed by atoms with Crippen molar-refractivity contribution in [2.24, 2.45) is 0 Å². The third-order valence-electron chi connectivity index (χ3n) is 5.01. The summed E-state index contributed by atoms with van der Waals surface area (Å²) >= 11 is 2.02. The number of aryl methyl sites for hydroxylation is 2. The summed E-state index contributed by atoms with van der Waals surface area (Å²) in [6.07, 6.45) is -4.11. The van der Waals surface area contributed by atoms with E-state index in [1.165, 1.54) is 24.3 Å². The quantitative estimate of drug-likeness (QED) is 0.273. The second-order valence-corrected chi connectivity index (χ2v) is 11.5. The van der Waals surface area contributed by atoms with Crippen molar-refractivity contribution in [3.05, 3.63) is 59.7 Å². The van der Waals surface area contributed by atoms with E-state index in [4.69, 9.17) is 17.8 Å². The summed E-state index contributed by atoms with van der Waals surface area (Å²) in [4.78, 5) is -0.0973. The van der Waals surface area contributed by atoms with Gasteiger partial charge in [0.15, 0.2) is 0 Å². The molecule has 1 aliphatic heterocycles. The average Bonchev–Trinajstić information content (AvgIpc) is 2.87. The minimum absolute atomic E-state index is 0.0479. The lowest BCUT2D eigenvalue weighted by atomic mass is 10.1. The molecule has 2 aromatic rings. The van der Waals surface area contributed by atoms with E-state index in [9.17, 15) is 16.8 Å². The monoisotopic (exact) mass is 596 g/mol. The van der Waals surface area contributed by atoms with Crippen LogP contribution in [0.2, 0.25) is 0 Å². The Bertz CT molecular complexity index is 1120. The van der Waals surface area contributed by atoms with Crippen molar-refractivity contribution in [2.45, 2.75) is 55.0 Å². The average molecular weight is 596 g/mol. The van der Waals surface area contributed by atoms with Gasteiger partial charge in [-0.05, 0) is 45.0 Å². The number of rotatable bonds is 7. The molecule has 2 aromatic carbocycles. The fourth-order valence-corrected chi connectivity index (χ4v) is 6.10. The molecule has 0 aromatic heterocycles. The molecule has 1 fully saturated rings. The van der Waals surface area contributed by atoms with E-state index in [-0.39, 0.29) is 16.6 Å². The molecule has 0 amide bonds. The molecule has 4 unspecified atom stereocenters. The SMILES string of the molecule is Cc1ccc(S(=O)(=O)OC2C(C)OCOC(CI)C2OS(=O)(=O)c2ccc(C)cc2)cc1. The minimum Gasteiger partial charge on any atom is -0.350 e. The molecular weight excluding hydrogens is 571 g/mol. The van der Waals surface area contributed by atoms with Gasteiger partial charge >= 0.3 is 0 Å². The van der Waals surface area contributed by atoms with Crippen molar-refractivity contribution in [1.82, 2.24) is 0 Å². The molecular formula is C21H25IO8S2. The second-order valence-electron chi connectivity index (χ2n) is 7.51. The Kier molecular flexibility index (Phi) is 8.34. The first-order valence-electron chi connectivity index (χ1n) is 9.82. The molecule has 0 saturated carbocycles. The van der Waals surface area contributed by atoms with Gasteiger partial charge in [0.25, 0.3) is 20.2 Å². The van der Waals surface area contributed by atoms with Crippen molar-refractivity contribution < 1.29 is 34.7 Å². The van der Waals surface area contributed by atoms with Gasteiger partial charge in [-0.3, -0.25) is 8.37 Å². The van der Waals surface area contributed by atoms with Crippen LogP contribution in [-0.4, -0.2) is 52.5 Å². The zero-order chi connectivity index (χ0) is 23.5. The van der Waals surface area contributed by atoms with E-state index in [2.05, 4.69) is 0 Å². The summed E-state index contributed by atoms with van der Waals surface area (Å²) < 4.78 is 74.4. The third-order valence-corrected chi connectivity index (χ3v) is 8.53. The van der Waals surface area contributed by atoms with Crippen LogP contribution in [-0.2, 0) is 38.1 Å². The van der Waals surface area contributed by atoms with Crippen molar-refractivity contribution in [1.29, 1.82) is 0 Å². The Labute approximate surface area is 202 Å². The molecule has 0 aliphatic carbocycles. The highest BCUT2D eigenvalue weighted by atomic mass is 127. The van der Waals surface area contributed by atoms with Gasteiger partial charge in [0.2, 0.25) is 0 Å². The molecule has 1 aliphatic rings. The smallest absolute Gasteiger partial charge is 0.297 e. The fourth-order valence-electron chi connectivity index (χ4n) is 3.10. The first kappa shape index (κ1) is 25.5. The van der Waals surface area contributed by atoms with Crippen LogP contribution in [0.4, 0.5) is 0 Å². The minimum atomic E-state index is -4.23. The van der Waals surface area contributed by atoms with Crippen molar-refractivity contribution >= 4 is 42.8 Å². The highest BCUT2D eigenvalue weighted by Gasteiger charge is 2.44. The Morgan fingerprint density at radius 1 is 0.812 bits per heavy atom. The molecule has 3 rings (SSSR count). The summed E-state index contributed by atoms with van der Waals surface area (Å²) in [5, 5.41) is 0. The fraction of sp³-hybridized carbons (Fsp3) is 0.429.